The van der Waals surface area contributed by atoms with Gasteiger partial charge >= 0.3 is 0 Å². The molecule has 2 heterocycles. The molecule has 132 valence electrons. The van der Waals surface area contributed by atoms with Gasteiger partial charge in [0, 0.05) is 22.9 Å². The van der Waals surface area contributed by atoms with Crippen LogP contribution in [0.5, 0.6) is 0 Å². The van der Waals surface area contributed by atoms with Crippen LogP contribution < -0.4 is 5.73 Å². The maximum absolute atomic E-state index is 7.47. The van der Waals surface area contributed by atoms with Gasteiger partial charge < -0.3 is 10.2 Å². The van der Waals surface area contributed by atoms with E-state index in [-0.39, 0.29) is 17.6 Å². The fraction of sp³-hybridized carbons (Fsp3) is 0.0526. The highest BCUT2D eigenvalue weighted by Crippen LogP contribution is 2.31. The number of nitrogens with one attached hydrogen (secondary N) is 1. The molecule has 0 aliphatic carbocycles. The van der Waals surface area contributed by atoms with Gasteiger partial charge in [0.15, 0.2) is 10.9 Å². The molecule has 5 nitrogen and oxygen atoms in total. The van der Waals surface area contributed by atoms with Crippen LogP contribution >= 0.6 is 24.2 Å². The summed E-state index contributed by atoms with van der Waals surface area (Å²) in [5.74, 6) is 1.28. The number of nitrogens with two attached hydrogens (primary N) is 1. The molecule has 3 N–H and O–H groups in total. The fourth-order valence-electron chi connectivity index (χ4n) is 2.69. The van der Waals surface area contributed by atoms with Gasteiger partial charge in [0.25, 0.3) is 0 Å². The van der Waals surface area contributed by atoms with E-state index in [0.29, 0.717) is 5.75 Å². The summed E-state index contributed by atoms with van der Waals surface area (Å²) in [6.45, 7) is 0. The highest BCUT2D eigenvalue weighted by molar-refractivity contribution is 8.13. The van der Waals surface area contributed by atoms with Crippen molar-refractivity contribution >= 4 is 40.3 Å². The fourth-order valence-corrected chi connectivity index (χ4v) is 3.21. The van der Waals surface area contributed by atoms with Gasteiger partial charge in [-0.3, -0.25) is 5.41 Å². The highest BCUT2D eigenvalue weighted by Gasteiger charge is 2.16. The average molecular weight is 385 g/mol. The van der Waals surface area contributed by atoms with Gasteiger partial charge in [-0.15, -0.1) is 12.4 Å². The first-order chi connectivity index (χ1) is 12.2. The van der Waals surface area contributed by atoms with Crippen molar-refractivity contribution in [3.8, 4) is 17.1 Å². The van der Waals surface area contributed by atoms with Crippen molar-refractivity contribution in [2.75, 3.05) is 0 Å². The minimum atomic E-state index is 0. The Morgan fingerprint density at radius 1 is 1.12 bits per heavy atom. The molecule has 26 heavy (non-hydrogen) atoms. The summed E-state index contributed by atoms with van der Waals surface area (Å²) in [7, 11) is 0. The van der Waals surface area contributed by atoms with Crippen LogP contribution in [0.2, 0.25) is 0 Å². The number of rotatable bonds is 4. The Labute approximate surface area is 161 Å². The largest absolute Gasteiger partial charge is 0.454 e. The second-order valence-electron chi connectivity index (χ2n) is 5.58. The van der Waals surface area contributed by atoms with Crippen LogP contribution in [-0.2, 0) is 5.75 Å². The highest BCUT2D eigenvalue weighted by atomic mass is 35.5. The molecule has 0 atom stereocenters. The lowest BCUT2D eigenvalue weighted by Crippen LogP contribution is -2.03. The summed E-state index contributed by atoms with van der Waals surface area (Å²) < 4.78 is 7.81. The topological polar surface area (TPSA) is 80.8 Å². The number of thioether (sulfide) groups is 1. The Bertz CT molecular complexity index is 1010. The van der Waals surface area contributed by atoms with Gasteiger partial charge in [-0.25, -0.2) is 4.68 Å². The molecule has 0 fully saturated rings. The Kier molecular flexibility index (Phi) is 5.35. The molecular formula is C19H17ClN4OS. The van der Waals surface area contributed by atoms with E-state index in [1.54, 1.807) is 0 Å². The van der Waals surface area contributed by atoms with E-state index in [2.05, 4.69) is 0 Å². The standard InChI is InChI=1S/C19H16N4OS.ClH/c20-19(21)25-12-14-11-23(15-7-2-1-3-8-15)22-18(14)17-10-13-6-4-5-9-16(13)24-17;/h1-11H,12H2,(H3,20,21);1H. The zero-order valence-corrected chi connectivity index (χ0v) is 15.4. The zero-order valence-electron chi connectivity index (χ0n) is 13.8. The lowest BCUT2D eigenvalue weighted by Gasteiger charge is -1.99. The van der Waals surface area contributed by atoms with Crippen molar-refractivity contribution < 1.29 is 4.42 Å². The number of aromatic nitrogens is 2. The summed E-state index contributed by atoms with van der Waals surface area (Å²) in [6, 6.07) is 19.8. The lowest BCUT2D eigenvalue weighted by molar-refractivity contribution is 0.626. The van der Waals surface area contributed by atoms with Crippen molar-refractivity contribution in [1.29, 1.82) is 5.41 Å². The van der Waals surface area contributed by atoms with E-state index in [1.807, 2.05) is 71.5 Å². The Morgan fingerprint density at radius 3 is 2.58 bits per heavy atom. The van der Waals surface area contributed by atoms with Crippen LogP contribution in [0, 0.1) is 5.41 Å². The summed E-state index contributed by atoms with van der Waals surface area (Å²) in [4.78, 5) is 0. The van der Waals surface area contributed by atoms with E-state index in [1.165, 1.54) is 11.8 Å². The van der Waals surface area contributed by atoms with Crippen LogP contribution in [-0.4, -0.2) is 14.9 Å². The predicted molar refractivity (Wildman–Crippen MR) is 109 cm³/mol. The predicted octanol–water partition coefficient (Wildman–Crippen LogP) is 4.83. The molecule has 0 saturated heterocycles. The van der Waals surface area contributed by atoms with Gasteiger partial charge in [-0.05, 0) is 24.3 Å². The van der Waals surface area contributed by atoms with Crippen LogP contribution in [0.15, 0.2) is 71.3 Å². The van der Waals surface area contributed by atoms with E-state index in [0.717, 1.165) is 33.7 Å². The van der Waals surface area contributed by atoms with Crippen molar-refractivity contribution in [2.24, 2.45) is 5.73 Å². The SMILES string of the molecule is Cl.N=C(N)SCc1cn(-c2ccccc2)nc1-c1cc2ccccc2o1. The third kappa shape index (κ3) is 3.61. The van der Waals surface area contributed by atoms with Crippen LogP contribution in [0.3, 0.4) is 0 Å². The molecular weight excluding hydrogens is 368 g/mol. The second-order valence-corrected chi connectivity index (χ2v) is 6.60. The molecule has 0 amide bonds. The molecule has 2 aromatic carbocycles. The van der Waals surface area contributed by atoms with Gasteiger partial charge in [-0.1, -0.05) is 48.2 Å². The minimum Gasteiger partial charge on any atom is -0.454 e. The normalized spacial score (nSPS) is 10.6. The van der Waals surface area contributed by atoms with Gasteiger partial charge in [0.2, 0.25) is 0 Å². The molecule has 0 aliphatic heterocycles. The van der Waals surface area contributed by atoms with E-state index < -0.39 is 0 Å². The molecule has 2 aromatic heterocycles. The van der Waals surface area contributed by atoms with E-state index in [9.17, 15) is 0 Å². The maximum atomic E-state index is 7.47. The average Bonchev–Trinajstić information content (AvgIpc) is 3.24. The first kappa shape index (κ1) is 18.1. The van der Waals surface area contributed by atoms with Crippen molar-refractivity contribution in [3.63, 3.8) is 0 Å². The Hall–Kier alpha value is -2.70. The number of hydrogen-bond acceptors (Lipinski definition) is 4. The number of benzene rings is 2. The summed E-state index contributed by atoms with van der Waals surface area (Å²) >= 11 is 1.27. The van der Waals surface area contributed by atoms with E-state index >= 15 is 0 Å². The van der Waals surface area contributed by atoms with Gasteiger partial charge in [0.05, 0.1) is 5.69 Å². The lowest BCUT2D eigenvalue weighted by atomic mass is 10.2. The molecule has 7 heteroatoms. The van der Waals surface area contributed by atoms with Gasteiger partial charge in [-0.2, -0.15) is 5.10 Å². The molecule has 0 saturated carbocycles. The molecule has 0 radical (unpaired) electrons. The van der Waals surface area contributed by atoms with Crippen molar-refractivity contribution in [1.82, 2.24) is 9.78 Å². The number of para-hydroxylation sites is 2. The minimum absolute atomic E-state index is 0. The molecule has 4 rings (SSSR count). The number of halogens is 1. The molecule has 4 aromatic rings. The van der Waals surface area contributed by atoms with Crippen molar-refractivity contribution in [2.45, 2.75) is 5.75 Å². The summed E-state index contributed by atoms with van der Waals surface area (Å²) in [5.41, 5.74) is 9.05. The molecule has 0 bridgehead atoms. The number of fused-ring (bicyclic) bond motifs is 1. The number of nitrogens with zero attached hydrogens (tertiary/aromatic N) is 2. The maximum Gasteiger partial charge on any atom is 0.156 e. The number of furan rings is 1. The Morgan fingerprint density at radius 2 is 1.85 bits per heavy atom. The smallest absolute Gasteiger partial charge is 0.156 e. The van der Waals surface area contributed by atoms with Crippen LogP contribution in [0.25, 0.3) is 28.1 Å². The molecule has 0 aliphatic rings. The van der Waals surface area contributed by atoms with Crippen LogP contribution in [0.4, 0.5) is 0 Å². The van der Waals surface area contributed by atoms with Gasteiger partial charge in [0.1, 0.15) is 11.3 Å². The quantitative estimate of drug-likeness (QED) is 0.390. The monoisotopic (exact) mass is 384 g/mol. The van der Waals surface area contributed by atoms with Crippen molar-refractivity contribution in [3.05, 3.63) is 72.4 Å². The number of hydrogen-bond donors (Lipinski definition) is 2. The summed E-state index contributed by atoms with van der Waals surface area (Å²) in [6.07, 6.45) is 1.97. The number of amidine groups is 1. The Balaban J connectivity index is 0.00000196. The second kappa shape index (κ2) is 7.68. The summed E-state index contributed by atoms with van der Waals surface area (Å²) in [5, 5.41) is 13.3. The third-order valence-electron chi connectivity index (χ3n) is 3.85. The third-order valence-corrected chi connectivity index (χ3v) is 4.62. The first-order valence-corrected chi connectivity index (χ1v) is 8.79. The zero-order chi connectivity index (χ0) is 17.2. The molecule has 0 unspecified atom stereocenters. The van der Waals surface area contributed by atoms with Crippen LogP contribution in [0.1, 0.15) is 5.56 Å². The molecule has 0 spiro atoms. The van der Waals surface area contributed by atoms with E-state index in [4.69, 9.17) is 20.7 Å². The first-order valence-electron chi connectivity index (χ1n) is 7.80.